The molecule has 0 radical (unpaired) electrons. The number of nitro benzene ring substituents is 1. The van der Waals surface area contributed by atoms with Crippen molar-refractivity contribution >= 4 is 63.4 Å². The van der Waals surface area contributed by atoms with Crippen LogP contribution in [0.4, 0.5) is 16.5 Å². The van der Waals surface area contributed by atoms with Gasteiger partial charge in [0.05, 0.1) is 15.9 Å². The van der Waals surface area contributed by atoms with Crippen molar-refractivity contribution in [2.75, 3.05) is 10.6 Å². The number of nitro groups is 1. The molecule has 0 saturated heterocycles. The summed E-state index contributed by atoms with van der Waals surface area (Å²) in [6.07, 6.45) is 1.60. The minimum atomic E-state index is -0.519. The van der Waals surface area contributed by atoms with Gasteiger partial charge >= 0.3 is 0 Å². The van der Waals surface area contributed by atoms with Crippen molar-refractivity contribution < 1.29 is 19.3 Å². The van der Waals surface area contributed by atoms with E-state index < -0.39 is 22.0 Å². The van der Waals surface area contributed by atoms with Crippen LogP contribution in [0, 0.1) is 10.1 Å². The lowest BCUT2D eigenvalue weighted by Crippen LogP contribution is -2.30. The third-order valence-corrected chi connectivity index (χ3v) is 8.35. The molecule has 1 atom stereocenters. The number of nitrogens with one attached hydrogen (secondary N) is 3. The van der Waals surface area contributed by atoms with E-state index in [0.29, 0.717) is 27.6 Å². The number of carbonyl (C=O) groups excluding carboxylic acids is 3. The van der Waals surface area contributed by atoms with Crippen LogP contribution in [0.15, 0.2) is 125 Å². The molecule has 0 bridgehead atoms. The molecular weight excluding hydrogens is 623 g/mol. The average molecular weight is 650 g/mol. The highest BCUT2D eigenvalue weighted by Gasteiger charge is 2.19. The molecule has 1 heterocycles. The summed E-state index contributed by atoms with van der Waals surface area (Å²) in [5.41, 5.74) is 2.76. The van der Waals surface area contributed by atoms with Gasteiger partial charge in [0, 0.05) is 39.2 Å². The van der Waals surface area contributed by atoms with Crippen LogP contribution < -0.4 is 16.0 Å². The van der Waals surface area contributed by atoms with Crippen LogP contribution in [0.3, 0.4) is 0 Å². The third kappa shape index (κ3) is 8.52. The molecule has 1 aromatic heterocycles. The molecule has 3 N–H and O–H groups in total. The van der Waals surface area contributed by atoms with Crippen molar-refractivity contribution in [1.29, 1.82) is 0 Å². The first kappa shape index (κ1) is 31.8. The molecule has 0 spiro atoms. The van der Waals surface area contributed by atoms with E-state index in [2.05, 4.69) is 20.9 Å². The zero-order chi connectivity index (χ0) is 32.5. The monoisotopic (exact) mass is 649 g/mol. The van der Waals surface area contributed by atoms with Gasteiger partial charge in [0.15, 0.2) is 5.13 Å². The fourth-order valence-corrected chi connectivity index (χ4v) is 5.86. The number of rotatable bonds is 11. The summed E-state index contributed by atoms with van der Waals surface area (Å²) in [6.45, 7) is 1.75. The van der Waals surface area contributed by atoms with Gasteiger partial charge in [-0.1, -0.05) is 66.7 Å². The first-order valence-electron chi connectivity index (χ1n) is 14.0. The van der Waals surface area contributed by atoms with Gasteiger partial charge in [0.1, 0.15) is 5.70 Å². The average Bonchev–Trinajstić information content (AvgIpc) is 3.54. The topological polar surface area (TPSA) is 143 Å². The Kier molecular flexibility index (Phi) is 10.3. The molecule has 46 heavy (non-hydrogen) atoms. The van der Waals surface area contributed by atoms with E-state index in [1.165, 1.54) is 35.2 Å². The Bertz CT molecular complexity index is 1910. The van der Waals surface area contributed by atoms with Crippen molar-refractivity contribution in [2.45, 2.75) is 17.1 Å². The van der Waals surface area contributed by atoms with Crippen molar-refractivity contribution in [3.63, 3.8) is 0 Å². The second-order valence-corrected chi connectivity index (χ2v) is 12.1. The smallest absolute Gasteiger partial charge is 0.272 e. The maximum Gasteiger partial charge on any atom is 0.272 e. The highest BCUT2D eigenvalue weighted by molar-refractivity contribution is 8.00. The standard InChI is InChI=1S/C34H27N5O5S2/c1-22(31(40)38-34-37-30(21-45-34)25-14-8-16-27(19-25)39(43)44)46-28-17-9-15-26(20-28)35-33(42)29(18-23-10-4-2-5-11-23)36-32(41)24-12-6-3-7-13-24/h2-22H,1H3,(H,35,42)(H,36,41)(H,37,38,40)/b29-18-. The molecule has 0 aliphatic rings. The second-order valence-electron chi connectivity index (χ2n) is 9.87. The van der Waals surface area contributed by atoms with Crippen LogP contribution in [0.2, 0.25) is 0 Å². The number of non-ortho nitro benzene ring substituents is 1. The van der Waals surface area contributed by atoms with Crippen molar-refractivity contribution in [3.8, 4) is 11.3 Å². The summed E-state index contributed by atoms with van der Waals surface area (Å²) in [6, 6.07) is 31.0. The van der Waals surface area contributed by atoms with Gasteiger partial charge in [0.25, 0.3) is 17.5 Å². The van der Waals surface area contributed by atoms with Gasteiger partial charge in [-0.2, -0.15) is 0 Å². The molecule has 230 valence electrons. The highest BCUT2D eigenvalue weighted by Crippen LogP contribution is 2.30. The largest absolute Gasteiger partial charge is 0.321 e. The van der Waals surface area contributed by atoms with Crippen LogP contribution in [-0.4, -0.2) is 32.9 Å². The van der Waals surface area contributed by atoms with E-state index in [1.54, 1.807) is 79.0 Å². The Morgan fingerprint density at radius 1 is 0.891 bits per heavy atom. The zero-order valence-electron chi connectivity index (χ0n) is 24.4. The number of hydrogen-bond donors (Lipinski definition) is 3. The number of benzene rings is 4. The normalized spacial score (nSPS) is 11.7. The maximum atomic E-state index is 13.4. The fraction of sp³-hybridized carbons (Fsp3) is 0.0588. The first-order chi connectivity index (χ1) is 22.2. The number of thioether (sulfide) groups is 1. The zero-order valence-corrected chi connectivity index (χ0v) is 26.0. The molecule has 4 aromatic carbocycles. The number of amides is 3. The summed E-state index contributed by atoms with van der Waals surface area (Å²) < 4.78 is 0. The molecule has 5 rings (SSSR count). The van der Waals surface area contributed by atoms with Crippen molar-refractivity contribution in [1.82, 2.24) is 10.3 Å². The second kappa shape index (κ2) is 14.9. The Morgan fingerprint density at radius 3 is 2.35 bits per heavy atom. The lowest BCUT2D eigenvalue weighted by molar-refractivity contribution is -0.384. The predicted molar refractivity (Wildman–Crippen MR) is 182 cm³/mol. The first-order valence-corrected chi connectivity index (χ1v) is 15.7. The maximum absolute atomic E-state index is 13.4. The third-order valence-electron chi connectivity index (χ3n) is 6.50. The van der Waals surface area contributed by atoms with Crippen LogP contribution >= 0.6 is 23.1 Å². The fourth-order valence-electron chi connectivity index (χ4n) is 4.21. The molecule has 12 heteroatoms. The Hall–Kier alpha value is -5.59. The Morgan fingerprint density at radius 2 is 1.61 bits per heavy atom. The number of nitrogens with zero attached hydrogens (tertiary/aromatic N) is 2. The molecule has 3 amide bonds. The summed E-state index contributed by atoms with van der Waals surface area (Å²) in [4.78, 5) is 55.0. The predicted octanol–water partition coefficient (Wildman–Crippen LogP) is 7.25. The highest BCUT2D eigenvalue weighted by atomic mass is 32.2. The van der Waals surface area contributed by atoms with Gasteiger partial charge in [-0.05, 0) is 48.9 Å². The summed E-state index contributed by atoms with van der Waals surface area (Å²) in [5, 5.41) is 21.1. The number of aromatic nitrogens is 1. The van der Waals surface area contributed by atoms with Crippen LogP contribution in [0.25, 0.3) is 17.3 Å². The molecule has 1 unspecified atom stereocenters. The van der Waals surface area contributed by atoms with E-state index in [-0.39, 0.29) is 17.3 Å². The van der Waals surface area contributed by atoms with Crippen molar-refractivity contribution in [2.24, 2.45) is 0 Å². The molecular formula is C34H27N5O5S2. The Labute approximate surface area is 272 Å². The number of hydrogen-bond acceptors (Lipinski definition) is 8. The van der Waals surface area contributed by atoms with Crippen molar-refractivity contribution in [3.05, 3.63) is 142 Å². The lowest BCUT2D eigenvalue weighted by atomic mass is 10.1. The molecule has 10 nitrogen and oxygen atoms in total. The summed E-state index contributed by atoms with van der Waals surface area (Å²) in [5.74, 6) is -1.21. The SMILES string of the molecule is CC(Sc1cccc(NC(=O)/C(=C/c2ccccc2)NC(=O)c2ccccc2)c1)C(=O)Nc1nc(-c2cccc([N+](=O)[O-])c2)cs1. The molecule has 0 aliphatic heterocycles. The molecule has 0 fully saturated rings. The van der Waals surface area contributed by atoms with Crippen LogP contribution in [0.5, 0.6) is 0 Å². The van der Waals surface area contributed by atoms with Gasteiger partial charge < -0.3 is 16.0 Å². The van der Waals surface area contributed by atoms with Crippen LogP contribution in [-0.2, 0) is 9.59 Å². The quantitative estimate of drug-likeness (QED) is 0.0592. The van der Waals surface area contributed by atoms with E-state index in [9.17, 15) is 24.5 Å². The Balaban J connectivity index is 1.24. The minimum Gasteiger partial charge on any atom is -0.321 e. The summed E-state index contributed by atoms with van der Waals surface area (Å²) in [7, 11) is 0. The van der Waals surface area contributed by atoms with E-state index in [4.69, 9.17) is 0 Å². The molecule has 0 saturated carbocycles. The lowest BCUT2D eigenvalue weighted by Gasteiger charge is -2.13. The van der Waals surface area contributed by atoms with E-state index in [0.717, 1.165) is 10.5 Å². The van der Waals surface area contributed by atoms with Gasteiger partial charge in [0.2, 0.25) is 5.91 Å². The number of thiazole rings is 1. The summed E-state index contributed by atoms with van der Waals surface area (Å²) >= 11 is 2.51. The number of anilines is 2. The molecule has 5 aromatic rings. The van der Waals surface area contributed by atoms with E-state index in [1.807, 2.05) is 36.4 Å². The van der Waals surface area contributed by atoms with Gasteiger partial charge in [-0.25, -0.2) is 4.98 Å². The molecule has 0 aliphatic carbocycles. The van der Waals surface area contributed by atoms with Crippen LogP contribution in [0.1, 0.15) is 22.8 Å². The minimum absolute atomic E-state index is 0.0418. The van der Waals surface area contributed by atoms with Gasteiger partial charge in [-0.3, -0.25) is 24.5 Å². The van der Waals surface area contributed by atoms with E-state index >= 15 is 0 Å². The number of carbonyl (C=O) groups is 3. The van der Waals surface area contributed by atoms with Gasteiger partial charge in [-0.15, -0.1) is 23.1 Å².